The van der Waals surface area contributed by atoms with E-state index >= 15 is 0 Å². The van der Waals surface area contributed by atoms with Crippen molar-refractivity contribution in [3.05, 3.63) is 49.4 Å². The smallest absolute Gasteiger partial charge is 0.330 e. The van der Waals surface area contributed by atoms with E-state index in [2.05, 4.69) is 0 Å². The third kappa shape index (κ3) is 3.68. The van der Waals surface area contributed by atoms with Gasteiger partial charge in [0.05, 0.1) is 6.10 Å². The first-order chi connectivity index (χ1) is 12.3. The molecule has 0 bridgehead atoms. The van der Waals surface area contributed by atoms with Crippen LogP contribution in [0.3, 0.4) is 0 Å². The Morgan fingerprint density at radius 3 is 2.73 bits per heavy atom. The molecule has 0 aromatic carbocycles. The number of rotatable bonds is 6. The minimum atomic E-state index is -4.09. The summed E-state index contributed by atoms with van der Waals surface area (Å²) in [5.41, 5.74) is -1.39. The molecule has 26 heavy (non-hydrogen) atoms. The quantitative estimate of drug-likeness (QED) is 0.706. The van der Waals surface area contributed by atoms with Gasteiger partial charge < -0.3 is 9.30 Å². The third-order valence-corrected chi connectivity index (χ3v) is 7.03. The van der Waals surface area contributed by atoms with Gasteiger partial charge in [0, 0.05) is 44.9 Å². The topological polar surface area (TPSA) is 90.6 Å². The average molecular weight is 399 g/mol. The predicted molar refractivity (Wildman–Crippen MR) is 97.8 cm³/mol. The zero-order valence-electron chi connectivity index (χ0n) is 14.6. The lowest BCUT2D eigenvalue weighted by Gasteiger charge is -2.24. The summed E-state index contributed by atoms with van der Waals surface area (Å²) < 4.78 is 35.2. The Kier molecular flexibility index (Phi) is 5.47. The van der Waals surface area contributed by atoms with Crippen LogP contribution in [0.15, 0.2) is 38.2 Å². The Morgan fingerprint density at radius 2 is 2.12 bits per heavy atom. The molecule has 3 rings (SSSR count). The largest absolute Gasteiger partial charge is 0.377 e. The van der Waals surface area contributed by atoms with Crippen molar-refractivity contribution in [2.24, 2.45) is 14.1 Å². The van der Waals surface area contributed by atoms with Gasteiger partial charge in [0.1, 0.15) is 0 Å². The average Bonchev–Trinajstić information content (AvgIpc) is 3.29. The fourth-order valence-corrected chi connectivity index (χ4v) is 5.33. The summed E-state index contributed by atoms with van der Waals surface area (Å²) in [5, 5.41) is 1.87. The van der Waals surface area contributed by atoms with Crippen molar-refractivity contribution >= 4 is 21.4 Å². The number of ether oxygens (including phenoxy) is 1. The van der Waals surface area contributed by atoms with Crippen LogP contribution >= 0.6 is 11.3 Å². The zero-order valence-corrected chi connectivity index (χ0v) is 16.3. The first-order valence-electron chi connectivity index (χ1n) is 8.21. The fraction of sp³-hybridized carbons (Fsp3) is 0.500. The van der Waals surface area contributed by atoms with Crippen molar-refractivity contribution in [3.63, 3.8) is 0 Å². The number of thiophene rings is 1. The summed E-state index contributed by atoms with van der Waals surface area (Å²) in [6, 6.07) is 3.70. The van der Waals surface area contributed by atoms with Crippen molar-refractivity contribution in [1.82, 2.24) is 13.4 Å². The monoisotopic (exact) mass is 399 g/mol. The van der Waals surface area contributed by atoms with Crippen LogP contribution in [0.4, 0.5) is 0 Å². The maximum atomic E-state index is 13.2. The molecule has 8 nitrogen and oxygen atoms in total. The molecule has 1 aliphatic rings. The molecule has 1 atom stereocenters. The van der Waals surface area contributed by atoms with Gasteiger partial charge in [-0.15, -0.1) is 11.3 Å². The molecule has 0 saturated carbocycles. The van der Waals surface area contributed by atoms with Crippen molar-refractivity contribution in [3.8, 4) is 0 Å². The first-order valence-corrected chi connectivity index (χ1v) is 10.5. The number of nitrogens with zero attached hydrogens (tertiary/aromatic N) is 3. The van der Waals surface area contributed by atoms with E-state index in [1.807, 2.05) is 17.5 Å². The minimum absolute atomic E-state index is 0.159. The Bertz CT molecular complexity index is 986. The van der Waals surface area contributed by atoms with Gasteiger partial charge in [-0.3, -0.25) is 9.36 Å². The summed E-state index contributed by atoms with van der Waals surface area (Å²) >= 11 is 1.45. The molecule has 1 saturated heterocycles. The molecule has 0 spiro atoms. The lowest BCUT2D eigenvalue weighted by Crippen LogP contribution is -2.44. The Hall–Kier alpha value is -1.75. The molecule has 1 fully saturated rings. The second-order valence-corrected chi connectivity index (χ2v) is 9.20. The molecule has 10 heteroatoms. The normalized spacial score (nSPS) is 17.9. The second-order valence-electron chi connectivity index (χ2n) is 6.26. The highest BCUT2D eigenvalue weighted by molar-refractivity contribution is 7.89. The van der Waals surface area contributed by atoms with Crippen LogP contribution in [-0.2, 0) is 35.4 Å². The first kappa shape index (κ1) is 19.0. The standard InChI is InChI=1S/C16H21N3O5S2/c1-17-11-14(15(20)18(2)16(17)21)26(22,23)19(9-12-5-3-7-24-12)10-13-6-4-8-25-13/h4,6,8,11-12H,3,5,7,9-10H2,1-2H3/t12-/m0/s1. The molecule has 0 amide bonds. The molecular weight excluding hydrogens is 378 g/mol. The molecule has 2 aromatic heterocycles. The van der Waals surface area contributed by atoms with Gasteiger partial charge in [0.25, 0.3) is 5.56 Å². The Balaban J connectivity index is 2.03. The molecule has 0 unspecified atom stereocenters. The van der Waals surface area contributed by atoms with Crippen LogP contribution in [0.25, 0.3) is 0 Å². The van der Waals surface area contributed by atoms with Crippen molar-refractivity contribution in [2.45, 2.75) is 30.4 Å². The van der Waals surface area contributed by atoms with Crippen LogP contribution in [0, 0.1) is 0 Å². The number of aromatic nitrogens is 2. The van der Waals surface area contributed by atoms with E-state index < -0.39 is 26.2 Å². The molecule has 3 heterocycles. The minimum Gasteiger partial charge on any atom is -0.377 e. The van der Waals surface area contributed by atoms with Gasteiger partial charge in [-0.25, -0.2) is 13.2 Å². The van der Waals surface area contributed by atoms with E-state index in [9.17, 15) is 18.0 Å². The Labute approximate surface area is 155 Å². The lowest BCUT2D eigenvalue weighted by atomic mass is 10.2. The van der Waals surface area contributed by atoms with E-state index in [4.69, 9.17) is 4.74 Å². The maximum Gasteiger partial charge on any atom is 0.330 e. The van der Waals surface area contributed by atoms with Crippen LogP contribution in [-0.4, -0.2) is 41.1 Å². The molecule has 1 aliphatic heterocycles. The van der Waals surface area contributed by atoms with Crippen LogP contribution in [0.2, 0.25) is 0 Å². The zero-order chi connectivity index (χ0) is 18.9. The number of hydrogen-bond donors (Lipinski definition) is 0. The predicted octanol–water partition coefficient (Wildman–Crippen LogP) is 0.515. The fourth-order valence-electron chi connectivity index (χ4n) is 2.93. The van der Waals surface area contributed by atoms with Gasteiger partial charge in [0.15, 0.2) is 4.90 Å². The third-order valence-electron chi connectivity index (χ3n) is 4.38. The number of sulfonamides is 1. The SMILES string of the molecule is Cn1cc(S(=O)(=O)N(Cc2cccs2)C[C@@H]2CCCO2)c(=O)n(C)c1=O. The molecule has 0 N–H and O–H groups in total. The second kappa shape index (κ2) is 7.47. The maximum absolute atomic E-state index is 13.2. The summed E-state index contributed by atoms with van der Waals surface area (Å²) in [4.78, 5) is 24.8. The molecule has 0 radical (unpaired) electrons. The van der Waals surface area contributed by atoms with E-state index in [1.54, 1.807) is 0 Å². The van der Waals surface area contributed by atoms with Gasteiger partial charge in [-0.2, -0.15) is 4.31 Å². The summed E-state index contributed by atoms with van der Waals surface area (Å²) in [6.45, 7) is 0.942. The highest BCUT2D eigenvalue weighted by Crippen LogP contribution is 2.22. The highest BCUT2D eigenvalue weighted by Gasteiger charge is 2.32. The van der Waals surface area contributed by atoms with Crippen LogP contribution in [0.1, 0.15) is 17.7 Å². The van der Waals surface area contributed by atoms with Crippen molar-refractivity contribution in [2.75, 3.05) is 13.2 Å². The van der Waals surface area contributed by atoms with E-state index in [0.717, 1.165) is 33.0 Å². The number of aryl methyl sites for hydroxylation is 1. The summed E-state index contributed by atoms with van der Waals surface area (Å²) in [5.74, 6) is 0. The molecule has 0 aliphatic carbocycles. The van der Waals surface area contributed by atoms with Gasteiger partial charge in [-0.05, 0) is 24.3 Å². The van der Waals surface area contributed by atoms with E-state index in [1.165, 1.54) is 29.7 Å². The number of hydrogen-bond acceptors (Lipinski definition) is 6. The van der Waals surface area contributed by atoms with Gasteiger partial charge in [-0.1, -0.05) is 6.07 Å². The lowest BCUT2D eigenvalue weighted by molar-refractivity contribution is 0.0927. The molecular formula is C16H21N3O5S2. The Morgan fingerprint density at radius 1 is 1.35 bits per heavy atom. The van der Waals surface area contributed by atoms with Gasteiger partial charge in [0.2, 0.25) is 10.0 Å². The van der Waals surface area contributed by atoms with Crippen LogP contribution < -0.4 is 11.2 Å². The van der Waals surface area contributed by atoms with Crippen molar-refractivity contribution < 1.29 is 13.2 Å². The van der Waals surface area contributed by atoms with Crippen molar-refractivity contribution in [1.29, 1.82) is 0 Å². The molecule has 142 valence electrons. The van der Waals surface area contributed by atoms with Crippen LogP contribution in [0.5, 0.6) is 0 Å². The van der Waals surface area contributed by atoms with E-state index in [-0.39, 0.29) is 19.2 Å². The highest BCUT2D eigenvalue weighted by atomic mass is 32.2. The molecule has 2 aromatic rings. The van der Waals surface area contributed by atoms with Gasteiger partial charge >= 0.3 is 5.69 Å². The summed E-state index contributed by atoms with van der Waals surface area (Å²) in [7, 11) is -1.40. The summed E-state index contributed by atoms with van der Waals surface area (Å²) in [6.07, 6.45) is 2.57. The van der Waals surface area contributed by atoms with E-state index in [0.29, 0.717) is 6.61 Å².